The fourth-order valence-electron chi connectivity index (χ4n) is 1.41. The summed E-state index contributed by atoms with van der Waals surface area (Å²) in [5.74, 6) is -0.503. The first-order valence-corrected chi connectivity index (χ1v) is 6.22. The van der Waals surface area contributed by atoms with Crippen LogP contribution in [0, 0.1) is 0 Å². The van der Waals surface area contributed by atoms with Gasteiger partial charge in [-0.15, -0.1) is 0 Å². The zero-order valence-electron chi connectivity index (χ0n) is 10.7. The topological polar surface area (TPSA) is 107 Å². The van der Waals surface area contributed by atoms with Crippen LogP contribution >= 0.6 is 11.6 Å². The number of rotatable bonds is 5. The minimum atomic E-state index is -0.561. The number of hydrogen-bond acceptors (Lipinski definition) is 5. The first-order valence-electron chi connectivity index (χ1n) is 5.84. The minimum Gasteiger partial charge on any atom is -0.484 e. The van der Waals surface area contributed by atoms with E-state index in [0.717, 1.165) is 0 Å². The van der Waals surface area contributed by atoms with Crippen molar-refractivity contribution in [1.29, 1.82) is 0 Å². The summed E-state index contributed by atoms with van der Waals surface area (Å²) in [7, 11) is 0. The van der Waals surface area contributed by atoms with Gasteiger partial charge < -0.3 is 15.8 Å². The molecule has 0 aliphatic heterocycles. The molecule has 0 saturated carbocycles. The summed E-state index contributed by atoms with van der Waals surface area (Å²) in [6.45, 7) is -0.202. The first kappa shape index (κ1) is 14.7. The number of ether oxygens (including phenoxy) is 1. The quantitative estimate of drug-likeness (QED) is 0.864. The Morgan fingerprint density at radius 1 is 1.19 bits per heavy atom. The van der Waals surface area contributed by atoms with Crippen molar-refractivity contribution in [1.82, 2.24) is 9.97 Å². The van der Waals surface area contributed by atoms with Crippen molar-refractivity contribution in [2.45, 2.75) is 0 Å². The van der Waals surface area contributed by atoms with Crippen LogP contribution in [0.25, 0.3) is 0 Å². The molecule has 0 atom stereocenters. The average Bonchev–Trinajstić information content (AvgIpc) is 2.47. The second kappa shape index (κ2) is 6.67. The third-order valence-corrected chi connectivity index (χ3v) is 2.54. The molecule has 21 heavy (non-hydrogen) atoms. The van der Waals surface area contributed by atoms with E-state index >= 15 is 0 Å². The van der Waals surface area contributed by atoms with Crippen LogP contribution in [-0.4, -0.2) is 28.4 Å². The number of hydrogen-bond donors (Lipinski definition) is 2. The predicted molar refractivity (Wildman–Crippen MR) is 76.1 cm³/mol. The first-order chi connectivity index (χ1) is 10.0. The van der Waals surface area contributed by atoms with Gasteiger partial charge in [-0.1, -0.05) is 11.6 Å². The van der Waals surface area contributed by atoms with Crippen LogP contribution in [0.15, 0.2) is 36.7 Å². The molecule has 0 bridgehead atoms. The van der Waals surface area contributed by atoms with E-state index in [2.05, 4.69) is 15.3 Å². The number of nitrogens with zero attached hydrogens (tertiary/aromatic N) is 2. The number of carbonyl (C=O) groups is 2. The SMILES string of the molecule is NC(=O)COc1ccc(NC(=O)c2cnc(Cl)cn2)cc1. The summed E-state index contributed by atoms with van der Waals surface area (Å²) in [6, 6.07) is 6.45. The fraction of sp³-hybridized carbons (Fsp3) is 0.0769. The maximum absolute atomic E-state index is 11.9. The summed E-state index contributed by atoms with van der Waals surface area (Å²) in [5, 5.41) is 2.85. The molecule has 2 aromatic rings. The third-order valence-electron chi connectivity index (χ3n) is 2.35. The standard InChI is InChI=1S/C13H11ClN4O3/c14-11-6-16-10(5-17-11)13(20)18-8-1-3-9(4-2-8)21-7-12(15)19/h1-6H,7H2,(H2,15,19)(H,18,20). The molecule has 0 unspecified atom stereocenters. The molecule has 0 saturated heterocycles. The number of benzene rings is 1. The molecule has 1 heterocycles. The molecule has 0 aliphatic rings. The van der Waals surface area contributed by atoms with Crippen LogP contribution in [0.1, 0.15) is 10.5 Å². The number of aromatic nitrogens is 2. The minimum absolute atomic E-state index is 0.147. The summed E-state index contributed by atoms with van der Waals surface area (Å²) in [4.78, 5) is 30.1. The molecular weight excluding hydrogens is 296 g/mol. The molecule has 2 amide bonds. The highest BCUT2D eigenvalue weighted by atomic mass is 35.5. The van der Waals surface area contributed by atoms with Gasteiger partial charge in [0.25, 0.3) is 11.8 Å². The molecule has 1 aromatic heterocycles. The smallest absolute Gasteiger partial charge is 0.275 e. The van der Waals surface area contributed by atoms with Crippen LogP contribution < -0.4 is 15.8 Å². The number of amides is 2. The lowest BCUT2D eigenvalue weighted by atomic mass is 10.3. The summed E-state index contributed by atoms with van der Waals surface area (Å²) >= 11 is 5.59. The van der Waals surface area contributed by atoms with E-state index in [1.54, 1.807) is 24.3 Å². The van der Waals surface area contributed by atoms with Gasteiger partial charge in [0.05, 0.1) is 12.4 Å². The normalized spacial score (nSPS) is 9.95. The van der Waals surface area contributed by atoms with Crippen LogP contribution in [0.4, 0.5) is 5.69 Å². The summed E-state index contributed by atoms with van der Waals surface area (Å²) in [6.07, 6.45) is 2.57. The number of nitrogens with one attached hydrogen (secondary N) is 1. The second-order valence-corrected chi connectivity index (χ2v) is 4.35. The summed E-state index contributed by atoms with van der Waals surface area (Å²) < 4.78 is 5.10. The van der Waals surface area contributed by atoms with Gasteiger partial charge >= 0.3 is 0 Å². The summed E-state index contributed by atoms with van der Waals surface area (Å²) in [5.41, 5.74) is 5.66. The zero-order valence-corrected chi connectivity index (χ0v) is 11.5. The maximum atomic E-state index is 11.9. The average molecular weight is 307 g/mol. The van der Waals surface area contributed by atoms with Gasteiger partial charge in [-0.05, 0) is 24.3 Å². The van der Waals surface area contributed by atoms with Crippen LogP contribution in [0.5, 0.6) is 5.75 Å². The van der Waals surface area contributed by atoms with E-state index in [0.29, 0.717) is 11.4 Å². The van der Waals surface area contributed by atoms with Crippen molar-refractivity contribution in [3.8, 4) is 5.75 Å². The van der Waals surface area contributed by atoms with E-state index in [1.165, 1.54) is 12.4 Å². The Morgan fingerprint density at radius 3 is 2.48 bits per heavy atom. The molecule has 3 N–H and O–H groups in total. The van der Waals surface area contributed by atoms with Gasteiger partial charge in [0.1, 0.15) is 16.6 Å². The Kier molecular flexibility index (Phi) is 4.68. The van der Waals surface area contributed by atoms with Gasteiger partial charge in [-0.3, -0.25) is 9.59 Å². The second-order valence-electron chi connectivity index (χ2n) is 3.96. The Balaban J connectivity index is 1.98. The highest BCUT2D eigenvalue weighted by molar-refractivity contribution is 6.29. The van der Waals surface area contributed by atoms with E-state index in [4.69, 9.17) is 22.1 Å². The van der Waals surface area contributed by atoms with Gasteiger partial charge in [0.2, 0.25) is 0 Å². The highest BCUT2D eigenvalue weighted by Gasteiger charge is 2.08. The van der Waals surface area contributed by atoms with Crippen molar-refractivity contribution in [3.63, 3.8) is 0 Å². The lowest BCUT2D eigenvalue weighted by molar-refractivity contribution is -0.119. The molecule has 0 aliphatic carbocycles. The lowest BCUT2D eigenvalue weighted by Crippen LogP contribution is -2.20. The zero-order chi connectivity index (χ0) is 15.2. The Morgan fingerprint density at radius 2 is 1.90 bits per heavy atom. The number of halogens is 1. The Labute approximate surface area is 125 Å². The van der Waals surface area contributed by atoms with E-state index in [1.807, 2.05) is 0 Å². The predicted octanol–water partition coefficient (Wildman–Crippen LogP) is 1.25. The monoisotopic (exact) mass is 306 g/mol. The number of primary amides is 1. The van der Waals surface area contributed by atoms with Crippen molar-refractivity contribution in [3.05, 3.63) is 47.5 Å². The molecule has 108 valence electrons. The Hall–Kier alpha value is -2.67. The largest absolute Gasteiger partial charge is 0.484 e. The fourth-order valence-corrected chi connectivity index (χ4v) is 1.51. The molecule has 0 radical (unpaired) electrons. The highest BCUT2D eigenvalue weighted by Crippen LogP contribution is 2.16. The number of anilines is 1. The van der Waals surface area contributed by atoms with Gasteiger partial charge in [-0.2, -0.15) is 0 Å². The van der Waals surface area contributed by atoms with Gasteiger partial charge in [-0.25, -0.2) is 9.97 Å². The number of nitrogens with two attached hydrogens (primary N) is 1. The van der Waals surface area contributed by atoms with Crippen molar-refractivity contribution < 1.29 is 14.3 Å². The van der Waals surface area contributed by atoms with Crippen LogP contribution in [0.3, 0.4) is 0 Å². The van der Waals surface area contributed by atoms with Crippen molar-refractivity contribution >= 4 is 29.1 Å². The van der Waals surface area contributed by atoms with Gasteiger partial charge in [0.15, 0.2) is 6.61 Å². The molecule has 8 heteroatoms. The van der Waals surface area contributed by atoms with E-state index < -0.39 is 11.8 Å². The molecule has 1 aromatic carbocycles. The third kappa shape index (κ3) is 4.43. The van der Waals surface area contributed by atoms with Crippen LogP contribution in [0.2, 0.25) is 5.15 Å². The molecular formula is C13H11ClN4O3. The maximum Gasteiger partial charge on any atom is 0.275 e. The van der Waals surface area contributed by atoms with Crippen molar-refractivity contribution in [2.75, 3.05) is 11.9 Å². The molecule has 0 fully saturated rings. The Bertz CT molecular complexity index is 643. The lowest BCUT2D eigenvalue weighted by Gasteiger charge is -2.07. The van der Waals surface area contributed by atoms with E-state index in [9.17, 15) is 9.59 Å². The van der Waals surface area contributed by atoms with Crippen LogP contribution in [-0.2, 0) is 4.79 Å². The molecule has 0 spiro atoms. The van der Waals surface area contributed by atoms with E-state index in [-0.39, 0.29) is 17.5 Å². The molecule has 2 rings (SSSR count). The number of carbonyl (C=O) groups excluding carboxylic acids is 2. The van der Waals surface area contributed by atoms with Gasteiger partial charge in [0, 0.05) is 5.69 Å². The van der Waals surface area contributed by atoms with Crippen molar-refractivity contribution in [2.24, 2.45) is 5.73 Å². The molecule has 7 nitrogen and oxygen atoms in total.